The van der Waals surface area contributed by atoms with Crippen molar-refractivity contribution in [3.8, 4) is 11.5 Å². The average Bonchev–Trinajstić information content (AvgIpc) is 2.76. The number of ether oxygens (including phenoxy) is 2. The van der Waals surface area contributed by atoms with Gasteiger partial charge in [-0.3, -0.25) is 4.90 Å². The summed E-state index contributed by atoms with van der Waals surface area (Å²) >= 11 is 3.62. The van der Waals surface area contributed by atoms with Gasteiger partial charge < -0.3 is 15.2 Å². The quantitative estimate of drug-likeness (QED) is 0.746. The van der Waals surface area contributed by atoms with Gasteiger partial charge in [-0.15, -0.1) is 12.4 Å². The summed E-state index contributed by atoms with van der Waals surface area (Å²) in [7, 11) is 0. The molecular weight excluding hydrogens is 380 g/mol. The Bertz CT molecular complexity index is 492. The van der Waals surface area contributed by atoms with E-state index in [0.29, 0.717) is 19.1 Å². The van der Waals surface area contributed by atoms with Crippen molar-refractivity contribution in [2.75, 3.05) is 26.3 Å². The minimum Gasteiger partial charge on any atom is -0.490 e. The highest BCUT2D eigenvalue weighted by Gasteiger charge is 2.26. The second-order valence-electron chi connectivity index (χ2n) is 6.02. The van der Waals surface area contributed by atoms with Crippen LogP contribution < -0.4 is 15.2 Å². The van der Waals surface area contributed by atoms with Crippen molar-refractivity contribution in [3.63, 3.8) is 0 Å². The van der Waals surface area contributed by atoms with E-state index in [4.69, 9.17) is 15.2 Å². The van der Waals surface area contributed by atoms with Crippen molar-refractivity contribution < 1.29 is 9.47 Å². The van der Waals surface area contributed by atoms with Gasteiger partial charge in [0, 0.05) is 25.7 Å². The molecule has 1 aromatic rings. The third-order valence-corrected chi connectivity index (χ3v) is 4.56. The molecule has 132 valence electrons. The highest BCUT2D eigenvalue weighted by molar-refractivity contribution is 9.10. The Kier molecular flexibility index (Phi) is 8.69. The minimum absolute atomic E-state index is 0. The molecule has 0 saturated carbocycles. The van der Waals surface area contributed by atoms with E-state index in [1.54, 1.807) is 0 Å². The van der Waals surface area contributed by atoms with Gasteiger partial charge in [-0.1, -0.05) is 13.8 Å². The lowest BCUT2D eigenvalue weighted by Crippen LogP contribution is -2.28. The molecule has 1 fully saturated rings. The largest absolute Gasteiger partial charge is 0.490 e. The molecule has 2 unspecified atom stereocenters. The van der Waals surface area contributed by atoms with E-state index in [-0.39, 0.29) is 18.4 Å². The molecule has 0 spiro atoms. The second kappa shape index (κ2) is 9.72. The maximum absolute atomic E-state index is 6.11. The smallest absolute Gasteiger partial charge is 0.175 e. The molecule has 0 amide bonds. The highest BCUT2D eigenvalue weighted by Crippen LogP contribution is 2.37. The predicted octanol–water partition coefficient (Wildman–Crippen LogP) is 3.84. The lowest BCUT2D eigenvalue weighted by atomic mass is 10.1. The van der Waals surface area contributed by atoms with Gasteiger partial charge in [-0.05, 0) is 52.9 Å². The number of nitrogens with two attached hydrogens (primary N) is 1. The number of likely N-dealkylation sites (tertiary alicyclic amines) is 1. The fourth-order valence-electron chi connectivity index (χ4n) is 2.80. The van der Waals surface area contributed by atoms with E-state index in [9.17, 15) is 0 Å². The van der Waals surface area contributed by atoms with Crippen molar-refractivity contribution in [2.24, 2.45) is 11.7 Å². The van der Waals surface area contributed by atoms with Gasteiger partial charge in [0.1, 0.15) is 0 Å². The maximum atomic E-state index is 6.11. The first-order valence-corrected chi connectivity index (χ1v) is 8.90. The van der Waals surface area contributed by atoms with Crippen LogP contribution >= 0.6 is 28.3 Å². The molecule has 0 radical (unpaired) electrons. The number of halogens is 2. The normalized spacial score (nSPS) is 21.1. The summed E-state index contributed by atoms with van der Waals surface area (Å²) in [6, 6.07) is 4.50. The number of rotatable bonds is 7. The van der Waals surface area contributed by atoms with E-state index in [1.807, 2.05) is 6.92 Å². The van der Waals surface area contributed by atoms with Crippen LogP contribution in [0.15, 0.2) is 16.6 Å². The average molecular weight is 408 g/mol. The summed E-state index contributed by atoms with van der Waals surface area (Å²) in [4.78, 5) is 2.40. The number of hydrogen-bond acceptors (Lipinski definition) is 4. The van der Waals surface area contributed by atoms with Crippen LogP contribution in [0.1, 0.15) is 32.8 Å². The Morgan fingerprint density at radius 3 is 2.57 bits per heavy atom. The Morgan fingerprint density at radius 1 is 1.26 bits per heavy atom. The number of benzene rings is 1. The Balaban J connectivity index is 0.00000264. The van der Waals surface area contributed by atoms with Crippen LogP contribution in [0.25, 0.3) is 0 Å². The zero-order valence-corrected chi connectivity index (χ0v) is 16.6. The molecule has 4 nitrogen and oxygen atoms in total. The molecular formula is C17H28BrClN2O2. The molecule has 6 heteroatoms. The third kappa shape index (κ3) is 5.52. The molecule has 23 heavy (non-hydrogen) atoms. The molecule has 1 aromatic carbocycles. The third-order valence-electron chi connectivity index (χ3n) is 3.97. The van der Waals surface area contributed by atoms with Crippen molar-refractivity contribution in [1.82, 2.24) is 4.90 Å². The van der Waals surface area contributed by atoms with Crippen LogP contribution in [-0.2, 0) is 6.54 Å². The first kappa shape index (κ1) is 20.6. The van der Waals surface area contributed by atoms with Gasteiger partial charge >= 0.3 is 0 Å². The molecule has 2 N–H and O–H groups in total. The van der Waals surface area contributed by atoms with Gasteiger partial charge in [0.15, 0.2) is 11.5 Å². The zero-order chi connectivity index (χ0) is 16.1. The van der Waals surface area contributed by atoms with Gasteiger partial charge in [0.05, 0.1) is 17.7 Å². The molecule has 0 aliphatic carbocycles. The summed E-state index contributed by atoms with van der Waals surface area (Å²) in [6.45, 7) is 10.5. The zero-order valence-electron chi connectivity index (χ0n) is 14.2. The molecule has 1 saturated heterocycles. The molecule has 2 atom stereocenters. The summed E-state index contributed by atoms with van der Waals surface area (Å²) in [6.07, 6.45) is 0.976. The molecule has 1 heterocycles. The minimum atomic E-state index is 0. The Morgan fingerprint density at radius 2 is 2.00 bits per heavy atom. The fraction of sp³-hybridized carbons (Fsp3) is 0.647. The van der Waals surface area contributed by atoms with Crippen LogP contribution in [0, 0.1) is 5.92 Å². The summed E-state index contributed by atoms with van der Waals surface area (Å²) in [5, 5.41) is 0. The maximum Gasteiger partial charge on any atom is 0.175 e. The summed E-state index contributed by atoms with van der Waals surface area (Å²) in [5.74, 6) is 2.18. The van der Waals surface area contributed by atoms with Gasteiger partial charge in [0.2, 0.25) is 0 Å². The van der Waals surface area contributed by atoms with E-state index in [1.165, 1.54) is 5.56 Å². The topological polar surface area (TPSA) is 47.7 Å². The molecule has 0 aromatic heterocycles. The number of hydrogen-bond donors (Lipinski definition) is 1. The van der Waals surface area contributed by atoms with Crippen LogP contribution in [0.4, 0.5) is 0 Å². The van der Waals surface area contributed by atoms with Crippen molar-refractivity contribution in [2.45, 2.75) is 39.8 Å². The second-order valence-corrected chi connectivity index (χ2v) is 6.88. The van der Waals surface area contributed by atoms with Crippen molar-refractivity contribution in [1.29, 1.82) is 0 Å². The molecule has 1 aliphatic heterocycles. The van der Waals surface area contributed by atoms with Crippen LogP contribution in [-0.4, -0.2) is 37.2 Å². The fourth-order valence-corrected chi connectivity index (χ4v) is 3.41. The van der Waals surface area contributed by atoms with Crippen LogP contribution in [0.2, 0.25) is 0 Å². The Labute approximate surface area is 154 Å². The van der Waals surface area contributed by atoms with E-state index >= 15 is 0 Å². The number of nitrogens with zero attached hydrogens (tertiary/aromatic N) is 1. The van der Waals surface area contributed by atoms with Crippen LogP contribution in [0.5, 0.6) is 11.5 Å². The molecule has 1 aliphatic rings. The van der Waals surface area contributed by atoms with E-state index < -0.39 is 0 Å². The predicted molar refractivity (Wildman–Crippen MR) is 101 cm³/mol. The lowest BCUT2D eigenvalue weighted by molar-refractivity contribution is 0.273. The van der Waals surface area contributed by atoms with E-state index in [0.717, 1.165) is 42.0 Å². The molecule has 2 rings (SSSR count). The Hall–Kier alpha value is -0.490. The van der Waals surface area contributed by atoms with Gasteiger partial charge in [-0.25, -0.2) is 0 Å². The first-order chi connectivity index (χ1) is 10.5. The van der Waals surface area contributed by atoms with Crippen molar-refractivity contribution in [3.05, 3.63) is 22.2 Å². The molecule has 0 bridgehead atoms. The first-order valence-electron chi connectivity index (χ1n) is 8.11. The van der Waals surface area contributed by atoms with Gasteiger partial charge in [-0.2, -0.15) is 0 Å². The standard InChI is InChI=1S/C17H27BrN2O2.ClH/c1-4-6-22-17-14(18)7-13(8-16(17)21-5-2)10-20-9-12(3)15(19)11-20;/h7-8,12,15H,4-6,9-11,19H2,1-3H3;1H. The van der Waals surface area contributed by atoms with Gasteiger partial charge in [0.25, 0.3) is 0 Å². The van der Waals surface area contributed by atoms with Crippen molar-refractivity contribution >= 4 is 28.3 Å². The van der Waals surface area contributed by atoms with E-state index in [2.05, 4.69) is 46.8 Å². The summed E-state index contributed by atoms with van der Waals surface area (Å²) < 4.78 is 12.5. The monoisotopic (exact) mass is 406 g/mol. The van der Waals surface area contributed by atoms with Crippen LogP contribution in [0.3, 0.4) is 0 Å². The summed E-state index contributed by atoms with van der Waals surface area (Å²) in [5.41, 5.74) is 7.34. The lowest BCUT2D eigenvalue weighted by Gasteiger charge is -2.19. The SMILES string of the molecule is CCCOc1c(Br)cc(CN2CC(C)C(N)C2)cc1OCC.Cl. The highest BCUT2D eigenvalue weighted by atomic mass is 79.9.